The molecule has 7 heteroatoms. The highest BCUT2D eigenvalue weighted by molar-refractivity contribution is 7.13. The zero-order valence-corrected chi connectivity index (χ0v) is 13.8. The van der Waals surface area contributed by atoms with Gasteiger partial charge in [-0.1, -0.05) is 6.07 Å². The van der Waals surface area contributed by atoms with Crippen molar-refractivity contribution >= 4 is 23.1 Å². The van der Waals surface area contributed by atoms with Gasteiger partial charge in [0.25, 0.3) is 5.91 Å². The van der Waals surface area contributed by atoms with E-state index in [-0.39, 0.29) is 18.7 Å². The van der Waals surface area contributed by atoms with E-state index in [1.54, 1.807) is 19.1 Å². The number of carbonyl (C=O) groups excluding carboxylic acids is 1. The zero-order valence-electron chi connectivity index (χ0n) is 13.0. The highest BCUT2D eigenvalue weighted by Gasteiger charge is 2.14. The Morgan fingerprint density at radius 3 is 2.88 bits per heavy atom. The summed E-state index contributed by atoms with van der Waals surface area (Å²) in [4.78, 5) is 13.4. The summed E-state index contributed by atoms with van der Waals surface area (Å²) in [6.45, 7) is 1.88. The molecule has 124 valence electrons. The molecule has 2 heterocycles. The summed E-state index contributed by atoms with van der Waals surface area (Å²) in [6, 6.07) is 9.75. The Morgan fingerprint density at radius 1 is 1.38 bits per heavy atom. The molecule has 0 bridgehead atoms. The first kappa shape index (κ1) is 16.4. The average Bonchev–Trinajstić information content (AvgIpc) is 3.17. The second-order valence-electron chi connectivity index (χ2n) is 5.31. The minimum Gasteiger partial charge on any atom is -0.394 e. The van der Waals surface area contributed by atoms with Crippen molar-refractivity contribution in [3.63, 3.8) is 0 Å². The molecule has 1 aromatic carbocycles. The average molecular weight is 345 g/mol. The van der Waals surface area contributed by atoms with Crippen molar-refractivity contribution in [3.05, 3.63) is 58.7 Å². The molecule has 0 aliphatic carbocycles. The van der Waals surface area contributed by atoms with Gasteiger partial charge in [0, 0.05) is 11.6 Å². The highest BCUT2D eigenvalue weighted by atomic mass is 32.1. The Morgan fingerprint density at radius 2 is 2.21 bits per heavy atom. The fraction of sp³-hybridized carbons (Fsp3) is 0.176. The van der Waals surface area contributed by atoms with Crippen LogP contribution >= 0.6 is 11.3 Å². The second kappa shape index (κ2) is 6.94. The summed E-state index contributed by atoms with van der Waals surface area (Å²) in [5, 5.41) is 18.3. The Balaban J connectivity index is 1.89. The molecule has 5 nitrogen and oxygen atoms in total. The van der Waals surface area contributed by atoms with E-state index in [9.17, 15) is 14.3 Å². The van der Waals surface area contributed by atoms with Gasteiger partial charge >= 0.3 is 0 Å². The lowest BCUT2D eigenvalue weighted by atomic mass is 10.1. The first-order chi connectivity index (χ1) is 11.6. The number of halogens is 1. The topological polar surface area (TPSA) is 67.2 Å². The lowest BCUT2D eigenvalue weighted by molar-refractivity contribution is 0.102. The molecular weight excluding hydrogens is 329 g/mol. The van der Waals surface area contributed by atoms with E-state index in [2.05, 4.69) is 10.4 Å². The quantitative estimate of drug-likeness (QED) is 0.745. The number of anilines is 1. The van der Waals surface area contributed by atoms with Gasteiger partial charge in [-0.2, -0.15) is 5.10 Å². The number of nitrogens with one attached hydrogen (secondary N) is 1. The van der Waals surface area contributed by atoms with Crippen molar-refractivity contribution in [2.45, 2.75) is 13.5 Å². The number of amides is 1. The van der Waals surface area contributed by atoms with Crippen LogP contribution in [0.3, 0.4) is 0 Å². The summed E-state index contributed by atoms with van der Waals surface area (Å²) in [7, 11) is 0. The normalized spacial score (nSPS) is 10.8. The summed E-state index contributed by atoms with van der Waals surface area (Å²) in [6.07, 6.45) is 0. The van der Waals surface area contributed by atoms with Gasteiger partial charge in [0.1, 0.15) is 17.3 Å². The SMILES string of the molecule is Cc1cc(F)cc(C(=O)Nc2cc(-c3cccs3)nn2CCO)c1. The fourth-order valence-corrected chi connectivity index (χ4v) is 3.06. The van der Waals surface area contributed by atoms with Crippen LogP contribution < -0.4 is 5.32 Å². The van der Waals surface area contributed by atoms with Crippen LogP contribution in [0.4, 0.5) is 10.2 Å². The maximum Gasteiger partial charge on any atom is 0.256 e. The summed E-state index contributed by atoms with van der Waals surface area (Å²) in [5.41, 5.74) is 1.62. The number of nitrogens with zero attached hydrogens (tertiary/aromatic N) is 2. The van der Waals surface area contributed by atoms with Crippen LogP contribution in [-0.2, 0) is 6.54 Å². The molecule has 0 saturated heterocycles. The van der Waals surface area contributed by atoms with Gasteiger partial charge < -0.3 is 10.4 Å². The minimum absolute atomic E-state index is 0.104. The number of carbonyl (C=O) groups is 1. The molecule has 1 amide bonds. The van der Waals surface area contributed by atoms with Crippen molar-refractivity contribution in [2.75, 3.05) is 11.9 Å². The lowest BCUT2D eigenvalue weighted by Gasteiger charge is -2.08. The van der Waals surface area contributed by atoms with E-state index in [0.29, 0.717) is 17.1 Å². The van der Waals surface area contributed by atoms with Crippen LogP contribution in [0.5, 0.6) is 0 Å². The van der Waals surface area contributed by atoms with E-state index in [1.165, 1.54) is 28.2 Å². The number of aromatic nitrogens is 2. The van der Waals surface area contributed by atoms with E-state index in [0.717, 1.165) is 4.88 Å². The van der Waals surface area contributed by atoms with Crippen molar-refractivity contribution in [2.24, 2.45) is 0 Å². The molecule has 0 saturated carbocycles. The van der Waals surface area contributed by atoms with E-state index in [1.807, 2.05) is 17.5 Å². The molecule has 0 radical (unpaired) electrons. The van der Waals surface area contributed by atoms with E-state index < -0.39 is 11.7 Å². The third-order valence-electron chi connectivity index (χ3n) is 3.41. The fourth-order valence-electron chi connectivity index (χ4n) is 2.38. The van der Waals surface area contributed by atoms with E-state index in [4.69, 9.17) is 0 Å². The van der Waals surface area contributed by atoms with Crippen molar-refractivity contribution in [1.29, 1.82) is 0 Å². The van der Waals surface area contributed by atoms with Crippen molar-refractivity contribution in [3.8, 4) is 10.6 Å². The third kappa shape index (κ3) is 3.52. The zero-order chi connectivity index (χ0) is 17.1. The number of rotatable bonds is 5. The number of thiophene rings is 1. The third-order valence-corrected chi connectivity index (χ3v) is 4.30. The maximum atomic E-state index is 13.5. The number of hydrogen-bond acceptors (Lipinski definition) is 4. The lowest BCUT2D eigenvalue weighted by Crippen LogP contribution is -2.17. The molecule has 0 fully saturated rings. The molecule has 0 spiro atoms. The number of hydrogen-bond donors (Lipinski definition) is 2. The Bertz CT molecular complexity index is 839. The molecule has 0 unspecified atom stereocenters. The monoisotopic (exact) mass is 345 g/mol. The largest absolute Gasteiger partial charge is 0.394 e. The molecular formula is C17H16FN3O2S. The van der Waals surface area contributed by atoms with Gasteiger partial charge in [-0.25, -0.2) is 9.07 Å². The number of aryl methyl sites for hydroxylation is 1. The summed E-state index contributed by atoms with van der Waals surface area (Å²) in [5.74, 6) is -0.419. The Kier molecular flexibility index (Phi) is 4.73. The number of aliphatic hydroxyl groups is 1. The van der Waals surface area contributed by atoms with Gasteiger partial charge in [-0.3, -0.25) is 4.79 Å². The summed E-state index contributed by atoms with van der Waals surface area (Å²) < 4.78 is 15.0. The molecule has 24 heavy (non-hydrogen) atoms. The van der Waals surface area contributed by atoms with Gasteiger partial charge in [-0.15, -0.1) is 11.3 Å². The van der Waals surface area contributed by atoms with Crippen molar-refractivity contribution < 1.29 is 14.3 Å². The van der Waals surface area contributed by atoms with Gasteiger partial charge in [0.15, 0.2) is 0 Å². The Labute approximate surface area is 142 Å². The Hall–Kier alpha value is -2.51. The smallest absolute Gasteiger partial charge is 0.256 e. The summed E-state index contributed by atoms with van der Waals surface area (Å²) >= 11 is 1.53. The number of benzene rings is 1. The van der Waals surface area contributed by atoms with Crippen LogP contribution in [0.1, 0.15) is 15.9 Å². The van der Waals surface area contributed by atoms with Crippen LogP contribution in [0, 0.1) is 12.7 Å². The maximum absolute atomic E-state index is 13.5. The molecule has 3 rings (SSSR count). The van der Waals surface area contributed by atoms with Crippen LogP contribution in [0.15, 0.2) is 41.8 Å². The predicted molar refractivity (Wildman–Crippen MR) is 91.7 cm³/mol. The molecule has 0 aliphatic heterocycles. The van der Waals surface area contributed by atoms with Gasteiger partial charge in [0.2, 0.25) is 0 Å². The van der Waals surface area contributed by atoms with Crippen LogP contribution in [0.2, 0.25) is 0 Å². The second-order valence-corrected chi connectivity index (χ2v) is 6.26. The standard InChI is InChI=1S/C17H16FN3O2S/c1-11-7-12(9-13(18)8-11)17(23)19-16-10-14(15-3-2-6-24-15)20-21(16)4-5-22/h2-3,6-10,22H,4-5H2,1H3,(H,19,23). The first-order valence-electron chi connectivity index (χ1n) is 7.38. The van der Waals surface area contributed by atoms with Crippen LogP contribution in [-0.4, -0.2) is 27.4 Å². The van der Waals surface area contributed by atoms with Gasteiger partial charge in [-0.05, 0) is 42.1 Å². The van der Waals surface area contributed by atoms with Crippen LogP contribution in [0.25, 0.3) is 10.6 Å². The number of aliphatic hydroxyl groups excluding tert-OH is 1. The minimum atomic E-state index is -0.455. The molecule has 2 aromatic heterocycles. The molecule has 3 aromatic rings. The first-order valence-corrected chi connectivity index (χ1v) is 8.26. The molecule has 0 aliphatic rings. The highest BCUT2D eigenvalue weighted by Crippen LogP contribution is 2.26. The molecule has 0 atom stereocenters. The van der Waals surface area contributed by atoms with Crippen molar-refractivity contribution in [1.82, 2.24) is 9.78 Å². The van der Waals surface area contributed by atoms with E-state index >= 15 is 0 Å². The predicted octanol–water partition coefficient (Wildman–Crippen LogP) is 3.30. The van der Waals surface area contributed by atoms with Gasteiger partial charge in [0.05, 0.1) is 18.0 Å². The molecule has 2 N–H and O–H groups in total.